The lowest BCUT2D eigenvalue weighted by atomic mass is 9.97. The van der Waals surface area contributed by atoms with Crippen LogP contribution in [0.2, 0.25) is 0 Å². The second-order valence-electron chi connectivity index (χ2n) is 6.20. The fraction of sp³-hybridized carbons (Fsp3) is 0.474. The second kappa shape index (κ2) is 8.51. The van der Waals surface area contributed by atoms with Crippen LogP contribution in [-0.4, -0.2) is 18.4 Å². The zero-order valence-electron chi connectivity index (χ0n) is 14.1. The van der Waals surface area contributed by atoms with Crippen LogP contribution in [0.3, 0.4) is 0 Å². The highest BCUT2D eigenvalue weighted by Crippen LogP contribution is 2.20. The molecule has 1 aromatic rings. The molecule has 0 aromatic heterocycles. The number of carbonyl (C=O) groups is 2. The predicted molar refractivity (Wildman–Crippen MR) is 93.3 cm³/mol. The van der Waals surface area contributed by atoms with Gasteiger partial charge >= 0.3 is 0 Å². The Hall–Kier alpha value is -2.10. The molecule has 0 fully saturated rings. The molecule has 0 aliphatic heterocycles. The molecule has 1 aliphatic rings. The standard InChI is InChI=1S/C19H26N2O2/c1-14-7-6-8-15(2)19(14)21-18(23)13-17(22)20-12-11-16-9-4-3-5-10-16/h6-9H,3-5,10-13H2,1-2H3,(H,20,22)(H,21,23). The first-order valence-corrected chi connectivity index (χ1v) is 8.37. The van der Waals surface area contributed by atoms with Gasteiger partial charge in [-0.05, 0) is 57.1 Å². The van der Waals surface area contributed by atoms with E-state index in [-0.39, 0.29) is 18.2 Å². The number of rotatable bonds is 6. The van der Waals surface area contributed by atoms with Crippen molar-refractivity contribution in [1.82, 2.24) is 5.32 Å². The Balaban J connectivity index is 1.74. The van der Waals surface area contributed by atoms with Gasteiger partial charge in [-0.3, -0.25) is 9.59 Å². The number of hydrogen-bond donors (Lipinski definition) is 2. The molecular weight excluding hydrogens is 288 g/mol. The summed E-state index contributed by atoms with van der Waals surface area (Å²) in [5, 5.41) is 5.67. The first-order chi connectivity index (χ1) is 11.1. The number of para-hydroxylation sites is 1. The molecule has 2 amide bonds. The molecule has 1 aromatic carbocycles. The first-order valence-electron chi connectivity index (χ1n) is 8.37. The zero-order valence-corrected chi connectivity index (χ0v) is 14.1. The third kappa shape index (κ3) is 5.55. The van der Waals surface area contributed by atoms with E-state index < -0.39 is 0 Å². The number of nitrogens with one attached hydrogen (secondary N) is 2. The molecule has 1 aliphatic carbocycles. The van der Waals surface area contributed by atoms with Crippen molar-refractivity contribution in [2.24, 2.45) is 0 Å². The molecule has 2 N–H and O–H groups in total. The van der Waals surface area contributed by atoms with Crippen LogP contribution in [0.1, 0.15) is 49.7 Å². The smallest absolute Gasteiger partial charge is 0.233 e. The van der Waals surface area contributed by atoms with Crippen LogP contribution in [0.5, 0.6) is 0 Å². The van der Waals surface area contributed by atoms with Crippen molar-refractivity contribution in [3.8, 4) is 0 Å². The van der Waals surface area contributed by atoms with E-state index in [1.807, 2.05) is 32.0 Å². The Labute approximate surface area is 138 Å². The number of aryl methyl sites for hydroxylation is 2. The number of anilines is 1. The molecule has 23 heavy (non-hydrogen) atoms. The third-order valence-corrected chi connectivity index (χ3v) is 4.22. The third-order valence-electron chi connectivity index (χ3n) is 4.22. The molecule has 0 atom stereocenters. The summed E-state index contributed by atoms with van der Waals surface area (Å²) in [6, 6.07) is 5.84. The molecule has 0 bridgehead atoms. The quantitative estimate of drug-likeness (QED) is 0.622. The molecule has 0 unspecified atom stereocenters. The number of hydrogen-bond acceptors (Lipinski definition) is 2. The summed E-state index contributed by atoms with van der Waals surface area (Å²) in [5.74, 6) is -0.484. The van der Waals surface area contributed by atoms with Gasteiger partial charge in [0.05, 0.1) is 0 Å². The Morgan fingerprint density at radius 1 is 1.09 bits per heavy atom. The van der Waals surface area contributed by atoms with E-state index in [0.717, 1.165) is 36.1 Å². The summed E-state index contributed by atoms with van der Waals surface area (Å²) in [7, 11) is 0. The fourth-order valence-corrected chi connectivity index (χ4v) is 2.90. The summed E-state index contributed by atoms with van der Waals surface area (Å²) >= 11 is 0. The summed E-state index contributed by atoms with van der Waals surface area (Å²) in [6.45, 7) is 4.50. The SMILES string of the molecule is Cc1cccc(C)c1NC(=O)CC(=O)NCCC1=CCCCC1. The van der Waals surface area contributed by atoms with E-state index >= 15 is 0 Å². The van der Waals surface area contributed by atoms with Crippen LogP contribution in [0.4, 0.5) is 5.69 Å². The predicted octanol–water partition coefficient (Wildman–Crippen LogP) is 3.64. The van der Waals surface area contributed by atoms with Gasteiger partial charge in [-0.25, -0.2) is 0 Å². The molecule has 0 saturated carbocycles. The summed E-state index contributed by atoms with van der Waals surface area (Å²) in [5.41, 5.74) is 4.24. The highest BCUT2D eigenvalue weighted by Gasteiger charge is 2.12. The lowest BCUT2D eigenvalue weighted by molar-refractivity contribution is -0.126. The van der Waals surface area contributed by atoms with Crippen LogP contribution in [-0.2, 0) is 9.59 Å². The lowest BCUT2D eigenvalue weighted by Crippen LogP contribution is -2.29. The van der Waals surface area contributed by atoms with Gasteiger partial charge in [0.15, 0.2) is 0 Å². The zero-order chi connectivity index (χ0) is 16.7. The van der Waals surface area contributed by atoms with Gasteiger partial charge in [-0.15, -0.1) is 0 Å². The average molecular weight is 314 g/mol. The minimum Gasteiger partial charge on any atom is -0.355 e. The van der Waals surface area contributed by atoms with Crippen molar-refractivity contribution in [3.63, 3.8) is 0 Å². The van der Waals surface area contributed by atoms with E-state index in [2.05, 4.69) is 16.7 Å². The molecule has 0 radical (unpaired) electrons. The molecule has 124 valence electrons. The molecular formula is C19H26N2O2. The first kappa shape index (κ1) is 17.3. The van der Waals surface area contributed by atoms with E-state index in [1.54, 1.807) is 0 Å². The van der Waals surface area contributed by atoms with Crippen molar-refractivity contribution in [2.75, 3.05) is 11.9 Å². The molecule has 2 rings (SSSR count). The van der Waals surface area contributed by atoms with Crippen LogP contribution in [0.15, 0.2) is 29.8 Å². The van der Waals surface area contributed by atoms with E-state index in [0.29, 0.717) is 6.54 Å². The second-order valence-corrected chi connectivity index (χ2v) is 6.20. The van der Waals surface area contributed by atoms with Gasteiger partial charge in [0.2, 0.25) is 11.8 Å². The molecule has 0 spiro atoms. The van der Waals surface area contributed by atoms with E-state index in [9.17, 15) is 9.59 Å². The Bertz CT molecular complexity index is 585. The monoisotopic (exact) mass is 314 g/mol. The van der Waals surface area contributed by atoms with Gasteiger partial charge in [-0.2, -0.15) is 0 Å². The maximum Gasteiger partial charge on any atom is 0.233 e. The van der Waals surface area contributed by atoms with Crippen molar-refractivity contribution in [1.29, 1.82) is 0 Å². The van der Waals surface area contributed by atoms with Gasteiger partial charge < -0.3 is 10.6 Å². The van der Waals surface area contributed by atoms with Gasteiger partial charge in [-0.1, -0.05) is 29.8 Å². The maximum atomic E-state index is 12.0. The minimum atomic E-state index is -0.267. The van der Waals surface area contributed by atoms with Crippen molar-refractivity contribution < 1.29 is 9.59 Å². The summed E-state index contributed by atoms with van der Waals surface area (Å²) < 4.78 is 0. The Morgan fingerprint density at radius 3 is 2.48 bits per heavy atom. The van der Waals surface area contributed by atoms with Crippen LogP contribution in [0.25, 0.3) is 0 Å². The van der Waals surface area contributed by atoms with E-state index in [1.165, 1.54) is 18.4 Å². The minimum absolute atomic E-state index is 0.132. The van der Waals surface area contributed by atoms with Crippen molar-refractivity contribution in [2.45, 2.75) is 52.4 Å². The molecule has 0 saturated heterocycles. The molecule has 4 nitrogen and oxygen atoms in total. The van der Waals surface area contributed by atoms with Crippen molar-refractivity contribution >= 4 is 17.5 Å². The van der Waals surface area contributed by atoms with Crippen LogP contribution < -0.4 is 10.6 Å². The van der Waals surface area contributed by atoms with Gasteiger partial charge in [0, 0.05) is 12.2 Å². The highest BCUT2D eigenvalue weighted by atomic mass is 16.2. The fourth-order valence-electron chi connectivity index (χ4n) is 2.90. The Kier molecular flexibility index (Phi) is 6.39. The molecule has 4 heteroatoms. The number of amides is 2. The largest absolute Gasteiger partial charge is 0.355 e. The van der Waals surface area contributed by atoms with Crippen LogP contribution >= 0.6 is 0 Å². The number of allylic oxidation sites excluding steroid dienone is 1. The van der Waals surface area contributed by atoms with Gasteiger partial charge in [0.1, 0.15) is 6.42 Å². The Morgan fingerprint density at radius 2 is 1.83 bits per heavy atom. The summed E-state index contributed by atoms with van der Waals surface area (Å²) in [6.07, 6.45) is 7.86. The van der Waals surface area contributed by atoms with Gasteiger partial charge in [0.25, 0.3) is 0 Å². The number of carbonyl (C=O) groups excluding carboxylic acids is 2. The normalized spacial score (nSPS) is 14.1. The highest BCUT2D eigenvalue weighted by molar-refractivity contribution is 6.04. The van der Waals surface area contributed by atoms with E-state index in [4.69, 9.17) is 0 Å². The lowest BCUT2D eigenvalue weighted by Gasteiger charge is -2.13. The number of benzene rings is 1. The summed E-state index contributed by atoms with van der Waals surface area (Å²) in [4.78, 5) is 23.9. The molecule has 0 heterocycles. The average Bonchev–Trinajstić information content (AvgIpc) is 2.52. The topological polar surface area (TPSA) is 58.2 Å². The maximum absolute atomic E-state index is 12.0. The van der Waals surface area contributed by atoms with Crippen LogP contribution in [0, 0.1) is 13.8 Å². The van der Waals surface area contributed by atoms with Crippen molar-refractivity contribution in [3.05, 3.63) is 41.0 Å².